The smallest absolute Gasteiger partial charge is 0.374 e. The molecule has 0 radical (unpaired) electrons. The zero-order chi connectivity index (χ0) is 10.6. The quantitative estimate of drug-likeness (QED) is 0.602. The number of H-pyrrole nitrogens is 1. The highest BCUT2D eigenvalue weighted by Crippen LogP contribution is 2.00. The van der Waals surface area contributed by atoms with Crippen molar-refractivity contribution in [1.82, 2.24) is 9.97 Å². The molecule has 14 heavy (non-hydrogen) atoms. The molecule has 6 heteroatoms. The van der Waals surface area contributed by atoms with Crippen LogP contribution in [0.3, 0.4) is 0 Å². The Balaban J connectivity index is 3.07. The van der Waals surface area contributed by atoms with E-state index in [0.717, 1.165) is 0 Å². The monoisotopic (exact) mass is 214 g/mol. The summed E-state index contributed by atoms with van der Waals surface area (Å²) < 4.78 is 9.73. The molecule has 0 aromatic carbocycles. The number of rotatable bonds is 3. The van der Waals surface area contributed by atoms with Crippen LogP contribution in [-0.2, 0) is 16.1 Å². The van der Waals surface area contributed by atoms with Crippen LogP contribution in [0.4, 0.5) is 0 Å². The van der Waals surface area contributed by atoms with Crippen molar-refractivity contribution < 1.29 is 14.3 Å². The molecule has 0 saturated carbocycles. The summed E-state index contributed by atoms with van der Waals surface area (Å²) in [7, 11) is 2.83. The van der Waals surface area contributed by atoms with Crippen LogP contribution in [0.5, 0.6) is 0 Å². The maximum atomic E-state index is 11.1. The molecule has 0 saturated heterocycles. The summed E-state index contributed by atoms with van der Waals surface area (Å²) in [6.07, 6.45) is 0. The summed E-state index contributed by atoms with van der Waals surface area (Å²) in [5.41, 5.74) is 0.688. The van der Waals surface area contributed by atoms with Gasteiger partial charge < -0.3 is 14.5 Å². The molecule has 0 amide bonds. The van der Waals surface area contributed by atoms with Gasteiger partial charge in [0.25, 0.3) is 0 Å². The Morgan fingerprint density at radius 2 is 2.36 bits per heavy atom. The molecule has 1 rings (SSSR count). The second kappa shape index (κ2) is 4.83. The van der Waals surface area contributed by atoms with Gasteiger partial charge in [0.2, 0.25) is 5.82 Å². The molecule has 0 bridgehead atoms. The first-order chi connectivity index (χ1) is 6.67. The van der Waals surface area contributed by atoms with Gasteiger partial charge in [-0.25, -0.2) is 9.78 Å². The fraction of sp³-hybridized carbons (Fsp3) is 0.375. The molecule has 5 nitrogen and oxygen atoms in total. The number of carbonyl (C=O) groups is 1. The summed E-state index contributed by atoms with van der Waals surface area (Å²) in [4.78, 5) is 17.7. The Morgan fingerprint density at radius 3 is 2.93 bits per heavy atom. The normalized spacial score (nSPS) is 9.86. The van der Waals surface area contributed by atoms with Crippen LogP contribution in [0.15, 0.2) is 6.07 Å². The summed E-state index contributed by atoms with van der Waals surface area (Å²) in [5, 5.41) is 0. The molecule has 1 heterocycles. The van der Waals surface area contributed by atoms with Crippen LogP contribution >= 0.6 is 12.2 Å². The number of aromatic amines is 1. The molecular formula is C8H10N2O3S. The van der Waals surface area contributed by atoms with Gasteiger partial charge in [-0.05, 0) is 6.07 Å². The summed E-state index contributed by atoms with van der Waals surface area (Å²) in [6, 6.07) is 1.63. The average molecular weight is 214 g/mol. The lowest BCUT2D eigenvalue weighted by atomic mass is 10.4. The third-order valence-corrected chi connectivity index (χ3v) is 1.69. The summed E-state index contributed by atoms with van der Waals surface area (Å²) in [6.45, 7) is 0.343. The van der Waals surface area contributed by atoms with Crippen LogP contribution in [0.2, 0.25) is 0 Å². The first-order valence-corrected chi connectivity index (χ1v) is 4.25. The number of ether oxygens (including phenoxy) is 2. The molecule has 0 fully saturated rings. The number of methoxy groups -OCH3 is 2. The number of aromatic nitrogens is 2. The minimum Gasteiger partial charge on any atom is -0.463 e. The van der Waals surface area contributed by atoms with Crippen molar-refractivity contribution in [2.24, 2.45) is 0 Å². The second-order valence-corrected chi connectivity index (χ2v) is 2.94. The molecule has 0 aliphatic heterocycles. The van der Waals surface area contributed by atoms with E-state index in [0.29, 0.717) is 16.9 Å². The van der Waals surface area contributed by atoms with E-state index in [1.54, 1.807) is 13.2 Å². The molecule has 1 aromatic heterocycles. The lowest BCUT2D eigenvalue weighted by molar-refractivity contribution is 0.0585. The van der Waals surface area contributed by atoms with Crippen LogP contribution in [-0.4, -0.2) is 30.2 Å². The standard InChI is InChI=1S/C8H10N2O3S/c1-12-4-5-3-6(14)10-7(9-5)8(11)13-2/h3H,4H2,1-2H3,(H,9,10,14). The topological polar surface area (TPSA) is 64.2 Å². The predicted octanol–water partition coefficient (Wildman–Crippen LogP) is 1.07. The molecule has 76 valence electrons. The van der Waals surface area contributed by atoms with Crippen molar-refractivity contribution in [2.75, 3.05) is 14.2 Å². The van der Waals surface area contributed by atoms with Gasteiger partial charge in [0, 0.05) is 12.8 Å². The number of nitrogens with one attached hydrogen (secondary N) is 1. The van der Waals surface area contributed by atoms with Crippen molar-refractivity contribution >= 4 is 18.2 Å². The largest absolute Gasteiger partial charge is 0.463 e. The Bertz CT molecular complexity index is 388. The molecule has 1 aromatic rings. The first kappa shape index (κ1) is 10.8. The number of esters is 1. The van der Waals surface area contributed by atoms with Crippen molar-refractivity contribution in [3.05, 3.63) is 22.2 Å². The van der Waals surface area contributed by atoms with E-state index in [1.165, 1.54) is 7.11 Å². The Morgan fingerprint density at radius 1 is 1.64 bits per heavy atom. The van der Waals surface area contributed by atoms with E-state index in [1.807, 2.05) is 0 Å². The second-order valence-electron chi connectivity index (χ2n) is 2.52. The van der Waals surface area contributed by atoms with E-state index >= 15 is 0 Å². The fourth-order valence-electron chi connectivity index (χ4n) is 0.934. The Hall–Kier alpha value is -1.27. The molecule has 0 atom stereocenters. The fourth-order valence-corrected chi connectivity index (χ4v) is 1.17. The first-order valence-electron chi connectivity index (χ1n) is 3.85. The highest BCUT2D eigenvalue weighted by Gasteiger charge is 2.08. The molecule has 0 aliphatic rings. The zero-order valence-electron chi connectivity index (χ0n) is 7.86. The van der Waals surface area contributed by atoms with Crippen molar-refractivity contribution in [3.63, 3.8) is 0 Å². The van der Waals surface area contributed by atoms with Gasteiger partial charge >= 0.3 is 5.97 Å². The van der Waals surface area contributed by atoms with E-state index in [9.17, 15) is 4.79 Å². The minimum atomic E-state index is -0.547. The highest BCUT2D eigenvalue weighted by molar-refractivity contribution is 7.71. The van der Waals surface area contributed by atoms with Crippen LogP contribution in [0.1, 0.15) is 16.3 Å². The van der Waals surface area contributed by atoms with Gasteiger partial charge in [-0.3, -0.25) is 0 Å². The average Bonchev–Trinajstić information content (AvgIpc) is 2.16. The van der Waals surface area contributed by atoms with Crippen molar-refractivity contribution in [3.8, 4) is 0 Å². The SMILES string of the molecule is COCc1cc(=S)nc(C(=O)OC)[nH]1. The Labute approximate surface area is 86.1 Å². The van der Waals surface area contributed by atoms with Crippen molar-refractivity contribution in [1.29, 1.82) is 0 Å². The number of nitrogens with zero attached hydrogens (tertiary/aromatic N) is 1. The van der Waals surface area contributed by atoms with Crippen LogP contribution in [0.25, 0.3) is 0 Å². The highest BCUT2D eigenvalue weighted by atomic mass is 32.1. The van der Waals surface area contributed by atoms with Gasteiger partial charge in [0.05, 0.1) is 13.7 Å². The van der Waals surface area contributed by atoms with E-state index < -0.39 is 5.97 Å². The third kappa shape index (κ3) is 2.61. The van der Waals surface area contributed by atoms with Crippen molar-refractivity contribution in [2.45, 2.75) is 6.61 Å². The van der Waals surface area contributed by atoms with Gasteiger partial charge in [0.15, 0.2) is 0 Å². The van der Waals surface area contributed by atoms with Gasteiger partial charge in [-0.1, -0.05) is 12.2 Å². The van der Waals surface area contributed by atoms with Gasteiger partial charge in [0.1, 0.15) is 4.64 Å². The summed E-state index contributed by atoms with van der Waals surface area (Å²) in [5.74, 6) is -0.457. The molecular weight excluding hydrogens is 204 g/mol. The molecule has 0 spiro atoms. The van der Waals surface area contributed by atoms with E-state index in [-0.39, 0.29) is 5.82 Å². The van der Waals surface area contributed by atoms with Gasteiger partial charge in [-0.2, -0.15) is 0 Å². The zero-order valence-corrected chi connectivity index (χ0v) is 8.68. The van der Waals surface area contributed by atoms with Gasteiger partial charge in [-0.15, -0.1) is 0 Å². The van der Waals surface area contributed by atoms with Crippen LogP contribution < -0.4 is 0 Å². The third-order valence-electron chi connectivity index (χ3n) is 1.48. The van der Waals surface area contributed by atoms with E-state index in [2.05, 4.69) is 14.7 Å². The Kier molecular flexibility index (Phi) is 3.73. The minimum absolute atomic E-state index is 0.0899. The number of hydrogen-bond donors (Lipinski definition) is 1. The maximum absolute atomic E-state index is 11.1. The molecule has 0 unspecified atom stereocenters. The summed E-state index contributed by atoms with van der Waals surface area (Å²) >= 11 is 4.87. The van der Waals surface area contributed by atoms with Crippen LogP contribution in [0, 0.1) is 4.64 Å². The number of carbonyl (C=O) groups excluding carboxylic acids is 1. The lowest BCUT2D eigenvalue weighted by Gasteiger charge is -2.02. The molecule has 1 N–H and O–H groups in total. The lowest BCUT2D eigenvalue weighted by Crippen LogP contribution is -2.09. The van der Waals surface area contributed by atoms with E-state index in [4.69, 9.17) is 17.0 Å². The predicted molar refractivity (Wildman–Crippen MR) is 51.5 cm³/mol. The number of hydrogen-bond acceptors (Lipinski definition) is 5. The maximum Gasteiger partial charge on any atom is 0.374 e. The molecule has 0 aliphatic carbocycles.